The second kappa shape index (κ2) is 5.59. The van der Waals surface area contributed by atoms with Crippen LogP contribution in [-0.4, -0.2) is 0 Å². The van der Waals surface area contributed by atoms with Crippen LogP contribution < -0.4 is 0 Å². The predicted octanol–water partition coefficient (Wildman–Crippen LogP) is 6.42. The molecular formula is C16H21ClS2. The number of thiophene rings is 2. The molecule has 0 N–H and O–H groups in total. The van der Waals surface area contributed by atoms with Gasteiger partial charge in [0.15, 0.2) is 0 Å². The molecule has 0 aliphatic carbocycles. The third-order valence-corrected chi connectivity index (χ3v) is 6.48. The van der Waals surface area contributed by atoms with E-state index in [0.29, 0.717) is 5.92 Å². The highest BCUT2D eigenvalue weighted by atomic mass is 35.5. The summed E-state index contributed by atoms with van der Waals surface area (Å²) in [5, 5.41) is 0. The summed E-state index contributed by atoms with van der Waals surface area (Å²) in [5.74, 6) is 0.544. The first-order chi connectivity index (χ1) is 8.77. The summed E-state index contributed by atoms with van der Waals surface area (Å²) in [5.41, 5.74) is 1.69. The maximum atomic E-state index is 6.02. The molecule has 19 heavy (non-hydrogen) atoms. The fourth-order valence-electron chi connectivity index (χ4n) is 2.06. The van der Waals surface area contributed by atoms with Crippen molar-refractivity contribution < 1.29 is 0 Å². The van der Waals surface area contributed by atoms with E-state index in [2.05, 4.69) is 46.8 Å². The lowest BCUT2D eigenvalue weighted by molar-refractivity contribution is 0.603. The molecule has 2 aromatic rings. The molecule has 0 aromatic carbocycles. The van der Waals surface area contributed by atoms with Gasteiger partial charge < -0.3 is 0 Å². The van der Waals surface area contributed by atoms with E-state index in [9.17, 15) is 0 Å². The smallest absolute Gasteiger partial charge is 0.0931 e. The zero-order valence-corrected chi connectivity index (χ0v) is 14.6. The second-order valence-electron chi connectivity index (χ2n) is 6.21. The number of hydrogen-bond donors (Lipinski definition) is 0. The van der Waals surface area contributed by atoms with Crippen LogP contribution in [0.5, 0.6) is 0 Å². The molecule has 0 fully saturated rings. The molecule has 0 bridgehead atoms. The van der Waals surface area contributed by atoms with Crippen LogP contribution >= 0.6 is 34.3 Å². The van der Waals surface area contributed by atoms with Crippen LogP contribution in [0.1, 0.15) is 53.8 Å². The molecule has 3 heteroatoms. The first-order valence-corrected chi connectivity index (χ1v) is 8.63. The van der Waals surface area contributed by atoms with E-state index in [0.717, 1.165) is 10.8 Å². The molecular weight excluding hydrogens is 292 g/mol. The Morgan fingerprint density at radius 2 is 1.89 bits per heavy atom. The van der Waals surface area contributed by atoms with Gasteiger partial charge in [-0.1, -0.05) is 39.3 Å². The first kappa shape index (κ1) is 15.1. The molecule has 2 rings (SSSR count). The van der Waals surface area contributed by atoms with Gasteiger partial charge in [0.1, 0.15) is 0 Å². The van der Waals surface area contributed by atoms with E-state index in [1.165, 1.54) is 20.2 Å². The Labute approximate surface area is 129 Å². The predicted molar refractivity (Wildman–Crippen MR) is 89.2 cm³/mol. The van der Waals surface area contributed by atoms with Crippen LogP contribution in [0.4, 0.5) is 0 Å². The second-order valence-corrected chi connectivity index (χ2v) is 9.10. The molecule has 104 valence electrons. The third-order valence-electron chi connectivity index (χ3n) is 3.33. The molecule has 0 saturated carbocycles. The minimum absolute atomic E-state index is 0.253. The lowest BCUT2D eigenvalue weighted by Gasteiger charge is -2.15. The van der Waals surface area contributed by atoms with Crippen molar-refractivity contribution in [2.24, 2.45) is 0 Å². The van der Waals surface area contributed by atoms with Gasteiger partial charge in [-0.05, 0) is 48.4 Å². The summed E-state index contributed by atoms with van der Waals surface area (Å²) in [6, 6.07) is 6.51. The maximum absolute atomic E-state index is 6.02. The molecule has 0 nitrogen and oxygen atoms in total. The molecule has 1 atom stereocenters. The van der Waals surface area contributed by atoms with Crippen molar-refractivity contribution in [2.45, 2.75) is 52.4 Å². The van der Waals surface area contributed by atoms with Crippen LogP contribution in [0.2, 0.25) is 4.34 Å². The standard InChI is InChI=1S/C16H21ClS2/c1-10(12-6-7-15(17)19-12)8-13-11(2)9-14(18-13)16(3,4)5/h6-7,9-10H,8H2,1-5H3. The maximum Gasteiger partial charge on any atom is 0.0931 e. The largest absolute Gasteiger partial charge is 0.145 e. The van der Waals surface area contributed by atoms with Crippen LogP contribution in [0.15, 0.2) is 18.2 Å². The normalized spacial score (nSPS) is 13.8. The number of aryl methyl sites for hydroxylation is 1. The molecule has 2 aromatic heterocycles. The summed E-state index contributed by atoms with van der Waals surface area (Å²) in [6.45, 7) is 11.4. The topological polar surface area (TPSA) is 0 Å². The van der Waals surface area contributed by atoms with Gasteiger partial charge in [-0.3, -0.25) is 0 Å². The van der Waals surface area contributed by atoms with Crippen molar-refractivity contribution in [1.82, 2.24) is 0 Å². The molecule has 2 heterocycles. The quantitative estimate of drug-likeness (QED) is 0.614. The van der Waals surface area contributed by atoms with Crippen LogP contribution in [0.3, 0.4) is 0 Å². The van der Waals surface area contributed by atoms with Crippen molar-refractivity contribution >= 4 is 34.3 Å². The molecule has 0 spiro atoms. The van der Waals surface area contributed by atoms with Gasteiger partial charge in [-0.15, -0.1) is 22.7 Å². The Bertz CT molecular complexity index is 558. The fourth-order valence-corrected chi connectivity index (χ4v) is 4.54. The fraction of sp³-hybridized carbons (Fsp3) is 0.500. The molecule has 0 amide bonds. The average molecular weight is 313 g/mol. The van der Waals surface area contributed by atoms with Crippen LogP contribution in [0.25, 0.3) is 0 Å². The monoisotopic (exact) mass is 312 g/mol. The molecule has 1 unspecified atom stereocenters. The van der Waals surface area contributed by atoms with Gasteiger partial charge >= 0.3 is 0 Å². The molecule has 0 aliphatic rings. The number of halogens is 1. The van der Waals surface area contributed by atoms with E-state index in [1.807, 2.05) is 17.4 Å². The third kappa shape index (κ3) is 3.62. The van der Waals surface area contributed by atoms with Gasteiger partial charge in [0.05, 0.1) is 4.34 Å². The summed E-state index contributed by atoms with van der Waals surface area (Å²) >= 11 is 9.70. The number of hydrogen-bond acceptors (Lipinski definition) is 2. The van der Waals surface area contributed by atoms with Crippen molar-refractivity contribution in [3.8, 4) is 0 Å². The Hall–Kier alpha value is -0.310. The lowest BCUT2D eigenvalue weighted by atomic mass is 9.94. The van der Waals surface area contributed by atoms with E-state index in [4.69, 9.17) is 11.6 Å². The Kier molecular flexibility index (Phi) is 4.44. The molecule has 0 saturated heterocycles. The van der Waals surface area contributed by atoms with E-state index >= 15 is 0 Å². The summed E-state index contributed by atoms with van der Waals surface area (Å²) in [7, 11) is 0. The molecule has 0 aliphatic heterocycles. The summed E-state index contributed by atoms with van der Waals surface area (Å²) < 4.78 is 0.889. The Balaban J connectivity index is 2.17. The van der Waals surface area contributed by atoms with Crippen molar-refractivity contribution in [1.29, 1.82) is 0 Å². The first-order valence-electron chi connectivity index (χ1n) is 6.62. The summed E-state index contributed by atoms with van der Waals surface area (Å²) in [6.07, 6.45) is 1.11. The van der Waals surface area contributed by atoms with Crippen LogP contribution in [0, 0.1) is 6.92 Å². The highest BCUT2D eigenvalue weighted by molar-refractivity contribution is 7.16. The van der Waals surface area contributed by atoms with Gasteiger partial charge in [0.2, 0.25) is 0 Å². The SMILES string of the molecule is Cc1cc(C(C)(C)C)sc1CC(C)c1ccc(Cl)s1. The van der Waals surface area contributed by atoms with Gasteiger partial charge in [0.25, 0.3) is 0 Å². The zero-order valence-electron chi connectivity index (χ0n) is 12.2. The van der Waals surface area contributed by atoms with E-state index < -0.39 is 0 Å². The molecule has 0 radical (unpaired) electrons. The highest BCUT2D eigenvalue weighted by Gasteiger charge is 2.19. The Morgan fingerprint density at radius 3 is 2.37 bits per heavy atom. The van der Waals surface area contributed by atoms with Crippen molar-refractivity contribution in [2.75, 3.05) is 0 Å². The Morgan fingerprint density at radius 1 is 1.21 bits per heavy atom. The van der Waals surface area contributed by atoms with Crippen molar-refractivity contribution in [3.05, 3.63) is 42.7 Å². The minimum atomic E-state index is 0.253. The van der Waals surface area contributed by atoms with Crippen LogP contribution in [-0.2, 0) is 11.8 Å². The van der Waals surface area contributed by atoms with E-state index in [1.54, 1.807) is 11.3 Å². The van der Waals surface area contributed by atoms with Crippen molar-refractivity contribution in [3.63, 3.8) is 0 Å². The number of rotatable bonds is 3. The summed E-state index contributed by atoms with van der Waals surface area (Å²) in [4.78, 5) is 4.38. The zero-order chi connectivity index (χ0) is 14.2. The lowest BCUT2D eigenvalue weighted by Crippen LogP contribution is -2.07. The minimum Gasteiger partial charge on any atom is -0.145 e. The van der Waals surface area contributed by atoms with E-state index in [-0.39, 0.29) is 5.41 Å². The van der Waals surface area contributed by atoms with Gasteiger partial charge in [-0.2, -0.15) is 0 Å². The van der Waals surface area contributed by atoms with Gasteiger partial charge in [0, 0.05) is 14.6 Å². The van der Waals surface area contributed by atoms with Gasteiger partial charge in [-0.25, -0.2) is 0 Å². The highest BCUT2D eigenvalue weighted by Crippen LogP contribution is 2.36. The average Bonchev–Trinajstić information content (AvgIpc) is 2.85.